The molecule has 1 fully saturated rings. The third-order valence-electron chi connectivity index (χ3n) is 3.47. The predicted molar refractivity (Wildman–Crippen MR) is 70.6 cm³/mol. The van der Waals surface area contributed by atoms with E-state index in [0.29, 0.717) is 0 Å². The number of hydrogen-bond donors (Lipinski definition) is 3. The van der Waals surface area contributed by atoms with Crippen molar-refractivity contribution >= 4 is 18.5 Å². The lowest BCUT2D eigenvalue weighted by atomic mass is 9.79. The minimum Gasteiger partial charge on any atom is -0.423 e. The second-order valence-corrected chi connectivity index (χ2v) is 4.92. The van der Waals surface area contributed by atoms with E-state index in [-0.39, 0.29) is 17.1 Å². The van der Waals surface area contributed by atoms with Crippen molar-refractivity contribution in [3.63, 3.8) is 0 Å². The molecule has 1 aromatic carbocycles. The summed E-state index contributed by atoms with van der Waals surface area (Å²) in [6.07, 6.45) is 5.14. The zero-order valence-electron chi connectivity index (χ0n) is 10.6. The van der Waals surface area contributed by atoms with Crippen LogP contribution in [0.5, 0.6) is 0 Å². The van der Waals surface area contributed by atoms with Crippen LogP contribution >= 0.6 is 0 Å². The maximum absolute atomic E-state index is 13.6. The minimum atomic E-state index is -1.71. The topological polar surface area (TPSA) is 69.6 Å². The van der Waals surface area contributed by atoms with Gasteiger partial charge in [0.05, 0.1) is 5.56 Å². The van der Waals surface area contributed by atoms with E-state index in [9.17, 15) is 9.18 Å². The fourth-order valence-electron chi connectivity index (χ4n) is 2.39. The molecule has 1 amide bonds. The molecule has 0 unspecified atom stereocenters. The van der Waals surface area contributed by atoms with Gasteiger partial charge in [-0.15, -0.1) is 0 Å². The first kappa shape index (κ1) is 14.0. The number of hydrogen-bond acceptors (Lipinski definition) is 3. The summed E-state index contributed by atoms with van der Waals surface area (Å²) in [7, 11) is -1.71. The van der Waals surface area contributed by atoms with E-state index in [2.05, 4.69) is 5.32 Å². The van der Waals surface area contributed by atoms with Crippen LogP contribution in [0.2, 0.25) is 0 Å². The lowest BCUT2D eigenvalue weighted by Crippen LogP contribution is -2.38. The first-order valence-corrected chi connectivity index (χ1v) is 6.54. The highest BCUT2D eigenvalue weighted by Crippen LogP contribution is 2.18. The van der Waals surface area contributed by atoms with E-state index < -0.39 is 18.8 Å². The predicted octanol–water partition coefficient (Wildman–Crippen LogP) is 0.568. The second kappa shape index (κ2) is 6.17. The van der Waals surface area contributed by atoms with Crippen LogP contribution < -0.4 is 10.8 Å². The molecule has 102 valence electrons. The van der Waals surface area contributed by atoms with E-state index in [1.165, 1.54) is 18.6 Å². The van der Waals surface area contributed by atoms with Crippen LogP contribution in [0.3, 0.4) is 0 Å². The van der Waals surface area contributed by atoms with Crippen LogP contribution in [0.15, 0.2) is 18.2 Å². The van der Waals surface area contributed by atoms with Crippen molar-refractivity contribution < 1.29 is 19.2 Å². The molecular formula is C13H17BFNO3. The lowest BCUT2D eigenvalue weighted by Gasteiger charge is -2.23. The van der Waals surface area contributed by atoms with Crippen LogP contribution in [0.4, 0.5) is 4.39 Å². The second-order valence-electron chi connectivity index (χ2n) is 4.92. The van der Waals surface area contributed by atoms with Crippen LogP contribution in [0, 0.1) is 5.82 Å². The molecule has 0 spiro atoms. The standard InChI is InChI=1S/C13H17BFNO3/c15-12-7-6-9(14(18)19)8-11(12)13(17)16-10-4-2-1-3-5-10/h6-8,10,18-19H,1-5H2,(H,16,17). The molecule has 4 nitrogen and oxygen atoms in total. The summed E-state index contributed by atoms with van der Waals surface area (Å²) in [6, 6.07) is 3.59. The SMILES string of the molecule is O=C(NC1CCCCC1)c1cc(B(O)O)ccc1F. The van der Waals surface area contributed by atoms with Gasteiger partial charge in [0.25, 0.3) is 5.91 Å². The summed E-state index contributed by atoms with van der Waals surface area (Å²) in [6.45, 7) is 0. The Morgan fingerprint density at radius 3 is 2.58 bits per heavy atom. The summed E-state index contributed by atoms with van der Waals surface area (Å²) in [5.74, 6) is -1.15. The number of carbonyl (C=O) groups is 1. The molecular weight excluding hydrogens is 248 g/mol. The Balaban J connectivity index is 2.11. The zero-order valence-corrected chi connectivity index (χ0v) is 10.6. The molecule has 1 aromatic rings. The van der Waals surface area contributed by atoms with E-state index in [4.69, 9.17) is 10.0 Å². The molecule has 2 rings (SSSR count). The smallest absolute Gasteiger partial charge is 0.423 e. The number of nitrogens with one attached hydrogen (secondary N) is 1. The Morgan fingerprint density at radius 1 is 1.26 bits per heavy atom. The van der Waals surface area contributed by atoms with Crippen molar-refractivity contribution in [2.45, 2.75) is 38.1 Å². The van der Waals surface area contributed by atoms with E-state index in [1.807, 2.05) is 0 Å². The van der Waals surface area contributed by atoms with Crippen LogP contribution in [-0.4, -0.2) is 29.1 Å². The molecule has 0 atom stereocenters. The van der Waals surface area contributed by atoms with Gasteiger partial charge in [-0.2, -0.15) is 0 Å². The van der Waals surface area contributed by atoms with Crippen molar-refractivity contribution in [3.8, 4) is 0 Å². The molecule has 19 heavy (non-hydrogen) atoms. The van der Waals surface area contributed by atoms with Gasteiger partial charge < -0.3 is 15.4 Å². The number of rotatable bonds is 3. The van der Waals surface area contributed by atoms with Crippen molar-refractivity contribution in [1.82, 2.24) is 5.32 Å². The van der Waals surface area contributed by atoms with E-state index in [1.54, 1.807) is 0 Å². The molecule has 6 heteroatoms. The normalized spacial score (nSPS) is 16.2. The Kier molecular flexibility index (Phi) is 4.55. The minimum absolute atomic E-state index is 0.0864. The molecule has 0 aromatic heterocycles. The van der Waals surface area contributed by atoms with Crippen molar-refractivity contribution in [1.29, 1.82) is 0 Å². The summed E-state index contributed by atoms with van der Waals surface area (Å²) < 4.78 is 13.6. The fourth-order valence-corrected chi connectivity index (χ4v) is 2.39. The highest BCUT2D eigenvalue weighted by molar-refractivity contribution is 6.58. The first-order valence-electron chi connectivity index (χ1n) is 6.54. The van der Waals surface area contributed by atoms with Crippen molar-refractivity contribution in [2.75, 3.05) is 0 Å². The van der Waals surface area contributed by atoms with Gasteiger partial charge in [0, 0.05) is 6.04 Å². The Hall–Kier alpha value is -1.40. The molecule has 0 heterocycles. The zero-order chi connectivity index (χ0) is 13.8. The quantitative estimate of drug-likeness (QED) is 0.700. The molecule has 1 saturated carbocycles. The van der Waals surface area contributed by atoms with Crippen molar-refractivity contribution in [2.24, 2.45) is 0 Å². The Labute approximate surface area is 111 Å². The third-order valence-corrected chi connectivity index (χ3v) is 3.47. The largest absolute Gasteiger partial charge is 0.488 e. The molecule has 1 aliphatic rings. The number of carbonyl (C=O) groups excluding carboxylic acids is 1. The molecule has 0 radical (unpaired) electrons. The highest BCUT2D eigenvalue weighted by atomic mass is 19.1. The van der Waals surface area contributed by atoms with Gasteiger partial charge in [-0.1, -0.05) is 25.3 Å². The van der Waals surface area contributed by atoms with Crippen LogP contribution in [-0.2, 0) is 0 Å². The fraction of sp³-hybridized carbons (Fsp3) is 0.462. The number of halogens is 1. The summed E-state index contributed by atoms with van der Waals surface area (Å²) >= 11 is 0. The van der Waals surface area contributed by atoms with Crippen LogP contribution in [0.25, 0.3) is 0 Å². The van der Waals surface area contributed by atoms with Gasteiger partial charge >= 0.3 is 7.12 Å². The van der Waals surface area contributed by atoms with Gasteiger partial charge in [0.2, 0.25) is 0 Å². The third kappa shape index (κ3) is 3.55. The monoisotopic (exact) mass is 265 g/mol. The average molecular weight is 265 g/mol. The van der Waals surface area contributed by atoms with Gasteiger partial charge in [-0.05, 0) is 30.4 Å². The maximum atomic E-state index is 13.6. The van der Waals surface area contributed by atoms with Crippen LogP contribution in [0.1, 0.15) is 42.5 Å². The molecule has 0 aliphatic heterocycles. The van der Waals surface area contributed by atoms with Gasteiger partial charge in [-0.25, -0.2) is 4.39 Å². The molecule has 1 aliphatic carbocycles. The summed E-state index contributed by atoms with van der Waals surface area (Å²) in [4.78, 5) is 12.0. The molecule has 0 saturated heterocycles. The van der Waals surface area contributed by atoms with Gasteiger partial charge in [0.15, 0.2) is 0 Å². The van der Waals surface area contributed by atoms with E-state index in [0.717, 1.165) is 31.7 Å². The van der Waals surface area contributed by atoms with Crippen molar-refractivity contribution in [3.05, 3.63) is 29.6 Å². The molecule has 3 N–H and O–H groups in total. The lowest BCUT2D eigenvalue weighted by molar-refractivity contribution is 0.0923. The molecule has 0 bridgehead atoms. The van der Waals surface area contributed by atoms with Gasteiger partial charge in [-0.3, -0.25) is 4.79 Å². The summed E-state index contributed by atoms with van der Waals surface area (Å²) in [5.41, 5.74) is -0.0358. The first-order chi connectivity index (χ1) is 9.08. The Morgan fingerprint density at radius 2 is 1.95 bits per heavy atom. The number of benzene rings is 1. The summed E-state index contributed by atoms with van der Waals surface area (Å²) in [5, 5.41) is 20.9. The number of amides is 1. The van der Waals surface area contributed by atoms with Gasteiger partial charge in [0.1, 0.15) is 5.82 Å². The highest BCUT2D eigenvalue weighted by Gasteiger charge is 2.21. The maximum Gasteiger partial charge on any atom is 0.488 e. The average Bonchev–Trinajstić information content (AvgIpc) is 2.40. The Bertz CT molecular complexity index is 461. The van der Waals surface area contributed by atoms with E-state index >= 15 is 0 Å².